The molecule has 3 aromatic rings. The van der Waals surface area contributed by atoms with E-state index in [1.165, 1.54) is 27.9 Å². The monoisotopic (exact) mass is 325 g/mol. The highest BCUT2D eigenvalue weighted by molar-refractivity contribution is 5.63. The first-order valence-electron chi connectivity index (χ1n) is 9.01. The lowest BCUT2D eigenvalue weighted by Crippen LogP contribution is -2.22. The minimum absolute atomic E-state index is 0.915. The second kappa shape index (κ2) is 7.40. The quantitative estimate of drug-likeness (QED) is 0.568. The highest BCUT2D eigenvalue weighted by Gasteiger charge is 2.12. The van der Waals surface area contributed by atoms with Crippen molar-refractivity contribution >= 4 is 11.8 Å². The number of allylic oxidation sites excluding steroid dienone is 1. The Morgan fingerprint density at radius 3 is 2.00 bits per heavy atom. The fourth-order valence-electron chi connectivity index (χ4n) is 3.46. The molecule has 0 atom stereocenters. The van der Waals surface area contributed by atoms with Gasteiger partial charge in [-0.05, 0) is 47.2 Å². The lowest BCUT2D eigenvalue weighted by atomic mass is 9.96. The van der Waals surface area contributed by atoms with Gasteiger partial charge in [-0.15, -0.1) is 0 Å². The molecule has 0 N–H and O–H groups in total. The second-order valence-electron chi connectivity index (χ2n) is 6.65. The van der Waals surface area contributed by atoms with Gasteiger partial charge >= 0.3 is 0 Å². The Labute approximate surface area is 150 Å². The largest absolute Gasteiger partial charge is 0.363 e. The predicted molar refractivity (Wildman–Crippen MR) is 107 cm³/mol. The zero-order chi connectivity index (χ0) is 16.9. The van der Waals surface area contributed by atoms with E-state index in [2.05, 4.69) is 95.9 Å². The summed E-state index contributed by atoms with van der Waals surface area (Å²) < 4.78 is 0. The second-order valence-corrected chi connectivity index (χ2v) is 6.65. The number of rotatable bonds is 5. The molecule has 0 amide bonds. The van der Waals surface area contributed by atoms with Gasteiger partial charge in [-0.25, -0.2) is 0 Å². The first-order valence-corrected chi connectivity index (χ1v) is 9.01. The van der Waals surface area contributed by atoms with Crippen molar-refractivity contribution in [2.45, 2.75) is 25.9 Å². The average Bonchev–Trinajstić information content (AvgIpc) is 2.69. The van der Waals surface area contributed by atoms with Crippen LogP contribution < -0.4 is 4.90 Å². The number of benzene rings is 3. The first kappa shape index (κ1) is 15.7. The molecule has 0 spiro atoms. The van der Waals surface area contributed by atoms with Crippen LogP contribution in [0.1, 0.15) is 28.7 Å². The SMILES string of the molecule is C1=Cc2cc(N(Cc3ccccc3)Cc3ccccc3)ccc2CC1. The number of nitrogens with zero attached hydrogens (tertiary/aromatic N) is 1. The van der Waals surface area contributed by atoms with Gasteiger partial charge in [-0.3, -0.25) is 0 Å². The van der Waals surface area contributed by atoms with Crippen LogP contribution in [0.4, 0.5) is 5.69 Å². The maximum Gasteiger partial charge on any atom is 0.0433 e. The summed E-state index contributed by atoms with van der Waals surface area (Å²) >= 11 is 0. The molecule has 1 aliphatic carbocycles. The van der Waals surface area contributed by atoms with E-state index in [9.17, 15) is 0 Å². The molecule has 3 aromatic carbocycles. The lowest BCUT2D eigenvalue weighted by Gasteiger charge is -2.26. The Balaban J connectivity index is 1.66. The molecule has 124 valence electrons. The molecule has 25 heavy (non-hydrogen) atoms. The van der Waals surface area contributed by atoms with Gasteiger partial charge in [0.05, 0.1) is 0 Å². The molecule has 0 radical (unpaired) electrons. The number of hydrogen-bond donors (Lipinski definition) is 0. The summed E-state index contributed by atoms with van der Waals surface area (Å²) in [5, 5.41) is 0. The van der Waals surface area contributed by atoms with Gasteiger partial charge < -0.3 is 4.90 Å². The number of fused-ring (bicyclic) bond motifs is 1. The van der Waals surface area contributed by atoms with Crippen molar-refractivity contribution < 1.29 is 0 Å². The van der Waals surface area contributed by atoms with Crippen molar-refractivity contribution in [2.75, 3.05) is 4.90 Å². The van der Waals surface area contributed by atoms with Crippen molar-refractivity contribution in [1.29, 1.82) is 0 Å². The van der Waals surface area contributed by atoms with E-state index < -0.39 is 0 Å². The molecule has 1 heteroatoms. The summed E-state index contributed by atoms with van der Waals surface area (Å²) in [5.74, 6) is 0. The van der Waals surface area contributed by atoms with Crippen molar-refractivity contribution in [3.63, 3.8) is 0 Å². The topological polar surface area (TPSA) is 3.24 Å². The van der Waals surface area contributed by atoms with Gasteiger partial charge in [0.2, 0.25) is 0 Å². The van der Waals surface area contributed by atoms with Crippen LogP contribution in [0, 0.1) is 0 Å². The number of aryl methyl sites for hydroxylation is 1. The van der Waals surface area contributed by atoms with Crippen LogP contribution in [0.2, 0.25) is 0 Å². The van der Waals surface area contributed by atoms with Crippen LogP contribution >= 0.6 is 0 Å². The van der Waals surface area contributed by atoms with E-state index in [1.807, 2.05) is 0 Å². The molecular formula is C24H23N. The molecule has 0 aliphatic heterocycles. The van der Waals surface area contributed by atoms with Gasteiger partial charge in [0, 0.05) is 18.8 Å². The molecule has 0 aromatic heterocycles. The molecule has 0 fully saturated rings. The first-order chi connectivity index (χ1) is 12.4. The summed E-state index contributed by atoms with van der Waals surface area (Å²) in [6, 6.07) is 28.4. The van der Waals surface area contributed by atoms with Crippen LogP contribution in [-0.2, 0) is 19.5 Å². The minimum Gasteiger partial charge on any atom is -0.363 e. The fourth-order valence-corrected chi connectivity index (χ4v) is 3.46. The standard InChI is InChI=1S/C24H23N/c1-3-9-20(10-4-1)18-25(19-21-11-5-2-6-12-21)24-16-15-22-13-7-8-14-23(22)17-24/h1-6,8-12,14-17H,7,13,18-19H2. The molecule has 1 nitrogen and oxygen atoms in total. The number of hydrogen-bond acceptors (Lipinski definition) is 1. The normalized spacial score (nSPS) is 12.6. The van der Waals surface area contributed by atoms with E-state index in [0.29, 0.717) is 0 Å². The maximum absolute atomic E-state index is 2.47. The smallest absolute Gasteiger partial charge is 0.0433 e. The van der Waals surface area contributed by atoms with Gasteiger partial charge in [-0.1, -0.05) is 78.9 Å². The molecule has 1 aliphatic rings. The molecule has 4 rings (SSSR count). The van der Waals surface area contributed by atoms with Crippen LogP contribution in [0.5, 0.6) is 0 Å². The highest BCUT2D eigenvalue weighted by atomic mass is 15.1. The Hall–Kier alpha value is -2.80. The fraction of sp³-hybridized carbons (Fsp3) is 0.167. The van der Waals surface area contributed by atoms with E-state index in [-0.39, 0.29) is 0 Å². The Morgan fingerprint density at radius 2 is 1.36 bits per heavy atom. The van der Waals surface area contributed by atoms with Gasteiger partial charge in [0.15, 0.2) is 0 Å². The zero-order valence-corrected chi connectivity index (χ0v) is 14.4. The lowest BCUT2D eigenvalue weighted by molar-refractivity contribution is 0.799. The van der Waals surface area contributed by atoms with Gasteiger partial charge in [0.25, 0.3) is 0 Å². The summed E-state index contributed by atoms with van der Waals surface area (Å²) in [5.41, 5.74) is 6.80. The maximum atomic E-state index is 2.47. The summed E-state index contributed by atoms with van der Waals surface area (Å²) in [6.45, 7) is 1.83. The van der Waals surface area contributed by atoms with Crippen LogP contribution in [0.25, 0.3) is 6.08 Å². The van der Waals surface area contributed by atoms with Crippen molar-refractivity contribution in [1.82, 2.24) is 0 Å². The van der Waals surface area contributed by atoms with E-state index in [1.54, 1.807) is 0 Å². The average molecular weight is 325 g/mol. The van der Waals surface area contributed by atoms with E-state index >= 15 is 0 Å². The Morgan fingerprint density at radius 1 is 0.720 bits per heavy atom. The molecular weight excluding hydrogens is 302 g/mol. The number of anilines is 1. The van der Waals surface area contributed by atoms with E-state index in [0.717, 1.165) is 25.9 Å². The molecule has 0 saturated heterocycles. The van der Waals surface area contributed by atoms with Crippen LogP contribution in [0.3, 0.4) is 0 Å². The molecule has 0 unspecified atom stereocenters. The highest BCUT2D eigenvalue weighted by Crippen LogP contribution is 2.27. The predicted octanol–water partition coefficient (Wildman–Crippen LogP) is 5.85. The van der Waals surface area contributed by atoms with Crippen molar-refractivity contribution in [3.8, 4) is 0 Å². The molecule has 0 bridgehead atoms. The van der Waals surface area contributed by atoms with Crippen molar-refractivity contribution in [2.24, 2.45) is 0 Å². The summed E-state index contributed by atoms with van der Waals surface area (Å²) in [4.78, 5) is 2.47. The van der Waals surface area contributed by atoms with E-state index in [4.69, 9.17) is 0 Å². The Bertz CT molecular complexity index is 808. The Kier molecular flexibility index (Phi) is 4.65. The zero-order valence-electron chi connectivity index (χ0n) is 14.4. The van der Waals surface area contributed by atoms with Crippen LogP contribution in [0.15, 0.2) is 84.9 Å². The van der Waals surface area contributed by atoms with Crippen LogP contribution in [-0.4, -0.2) is 0 Å². The third-order valence-corrected chi connectivity index (χ3v) is 4.80. The molecule has 0 saturated carbocycles. The van der Waals surface area contributed by atoms with Crippen molar-refractivity contribution in [3.05, 3.63) is 107 Å². The van der Waals surface area contributed by atoms with Gasteiger partial charge in [0.1, 0.15) is 0 Å². The van der Waals surface area contributed by atoms with Gasteiger partial charge in [-0.2, -0.15) is 0 Å². The summed E-state index contributed by atoms with van der Waals surface area (Å²) in [6.07, 6.45) is 6.87. The summed E-state index contributed by atoms with van der Waals surface area (Å²) in [7, 11) is 0. The third kappa shape index (κ3) is 3.83. The third-order valence-electron chi connectivity index (χ3n) is 4.80. The molecule has 0 heterocycles. The minimum atomic E-state index is 0.915.